The van der Waals surface area contributed by atoms with Crippen molar-refractivity contribution in [3.63, 3.8) is 0 Å². The zero-order chi connectivity index (χ0) is 14.7. The lowest BCUT2D eigenvalue weighted by Crippen LogP contribution is -2.40. The monoisotopic (exact) mass is 282 g/mol. The average Bonchev–Trinajstić information content (AvgIpc) is 3.02. The molecule has 0 radical (unpaired) electrons. The van der Waals surface area contributed by atoms with Crippen molar-refractivity contribution in [3.05, 3.63) is 12.7 Å². The SMILES string of the molecule is C=CCOC(=O)N1CCC(N2CC(C(=O)O)CC2=O)C1. The molecule has 110 valence electrons. The molecular formula is C13H18N2O5. The first-order valence-electron chi connectivity index (χ1n) is 6.57. The third-order valence-corrected chi connectivity index (χ3v) is 3.69. The molecule has 0 spiro atoms. The summed E-state index contributed by atoms with van der Waals surface area (Å²) in [4.78, 5) is 37.6. The third-order valence-electron chi connectivity index (χ3n) is 3.69. The van der Waals surface area contributed by atoms with E-state index < -0.39 is 18.0 Å². The molecule has 2 rings (SSSR count). The predicted molar refractivity (Wildman–Crippen MR) is 69.0 cm³/mol. The Morgan fingerprint density at radius 2 is 2.20 bits per heavy atom. The summed E-state index contributed by atoms with van der Waals surface area (Å²) in [5.41, 5.74) is 0. The zero-order valence-electron chi connectivity index (χ0n) is 11.2. The van der Waals surface area contributed by atoms with Crippen molar-refractivity contribution in [2.75, 3.05) is 26.2 Å². The Kier molecular flexibility index (Phi) is 4.26. The fourth-order valence-corrected chi connectivity index (χ4v) is 2.63. The standard InChI is InChI=1S/C13H18N2O5/c1-2-5-20-13(19)14-4-3-10(8-14)15-7-9(12(17)18)6-11(15)16/h2,9-10H,1,3-8H2,(H,17,18). The van der Waals surface area contributed by atoms with E-state index in [1.165, 1.54) is 11.0 Å². The van der Waals surface area contributed by atoms with Gasteiger partial charge in [-0.15, -0.1) is 0 Å². The van der Waals surface area contributed by atoms with Crippen LogP contribution in [0.5, 0.6) is 0 Å². The summed E-state index contributed by atoms with van der Waals surface area (Å²) in [6, 6.07) is -0.108. The second-order valence-electron chi connectivity index (χ2n) is 5.04. The van der Waals surface area contributed by atoms with E-state index in [9.17, 15) is 14.4 Å². The first kappa shape index (κ1) is 14.4. The molecule has 0 aliphatic carbocycles. The van der Waals surface area contributed by atoms with Crippen LogP contribution in [0.1, 0.15) is 12.8 Å². The molecule has 20 heavy (non-hydrogen) atoms. The molecule has 2 heterocycles. The van der Waals surface area contributed by atoms with Crippen molar-refractivity contribution < 1.29 is 24.2 Å². The number of carboxylic acids is 1. The molecule has 2 fully saturated rings. The number of carbonyl (C=O) groups excluding carboxylic acids is 2. The molecule has 2 aliphatic rings. The second kappa shape index (κ2) is 5.94. The third kappa shape index (κ3) is 2.92. The largest absolute Gasteiger partial charge is 0.481 e. The lowest BCUT2D eigenvalue weighted by Gasteiger charge is -2.24. The summed E-state index contributed by atoms with van der Waals surface area (Å²) in [7, 11) is 0. The fourth-order valence-electron chi connectivity index (χ4n) is 2.63. The lowest BCUT2D eigenvalue weighted by atomic mass is 10.1. The van der Waals surface area contributed by atoms with Crippen molar-refractivity contribution >= 4 is 18.0 Å². The van der Waals surface area contributed by atoms with Gasteiger partial charge in [0.1, 0.15) is 6.61 Å². The highest BCUT2D eigenvalue weighted by Gasteiger charge is 2.41. The van der Waals surface area contributed by atoms with Crippen molar-refractivity contribution in [2.24, 2.45) is 5.92 Å². The number of ether oxygens (including phenoxy) is 1. The Labute approximate surface area is 116 Å². The molecule has 2 saturated heterocycles. The number of hydrogen-bond acceptors (Lipinski definition) is 4. The van der Waals surface area contributed by atoms with Crippen LogP contribution in [-0.2, 0) is 14.3 Å². The van der Waals surface area contributed by atoms with Gasteiger partial charge in [-0.2, -0.15) is 0 Å². The summed E-state index contributed by atoms with van der Waals surface area (Å²) in [6.07, 6.45) is 1.77. The number of amides is 2. The van der Waals surface area contributed by atoms with E-state index in [0.29, 0.717) is 19.5 Å². The van der Waals surface area contributed by atoms with Crippen molar-refractivity contribution in [3.8, 4) is 0 Å². The normalized spacial score (nSPS) is 25.9. The number of carboxylic acid groups (broad SMARTS) is 1. The van der Waals surface area contributed by atoms with E-state index in [4.69, 9.17) is 9.84 Å². The maximum Gasteiger partial charge on any atom is 0.410 e. The number of likely N-dealkylation sites (tertiary alicyclic amines) is 2. The first-order valence-corrected chi connectivity index (χ1v) is 6.57. The highest BCUT2D eigenvalue weighted by molar-refractivity contribution is 5.86. The Morgan fingerprint density at radius 3 is 2.80 bits per heavy atom. The van der Waals surface area contributed by atoms with Gasteiger partial charge in [0.25, 0.3) is 0 Å². The van der Waals surface area contributed by atoms with Crippen LogP contribution >= 0.6 is 0 Å². The van der Waals surface area contributed by atoms with Crippen molar-refractivity contribution in [2.45, 2.75) is 18.9 Å². The van der Waals surface area contributed by atoms with Gasteiger partial charge in [0.15, 0.2) is 0 Å². The molecule has 2 unspecified atom stereocenters. The lowest BCUT2D eigenvalue weighted by molar-refractivity contribution is -0.141. The minimum atomic E-state index is -0.943. The molecule has 7 heteroatoms. The molecule has 2 aliphatic heterocycles. The predicted octanol–water partition coefficient (Wildman–Crippen LogP) is 0.316. The second-order valence-corrected chi connectivity index (χ2v) is 5.04. The van der Waals surface area contributed by atoms with Crippen LogP contribution in [0.4, 0.5) is 4.79 Å². The van der Waals surface area contributed by atoms with Gasteiger partial charge in [0, 0.05) is 26.1 Å². The Balaban J connectivity index is 1.89. The van der Waals surface area contributed by atoms with Crippen LogP contribution in [0.15, 0.2) is 12.7 Å². The molecule has 0 aromatic rings. The minimum Gasteiger partial charge on any atom is -0.481 e. The maximum atomic E-state index is 11.8. The zero-order valence-corrected chi connectivity index (χ0v) is 11.2. The van der Waals surface area contributed by atoms with Crippen LogP contribution in [0, 0.1) is 5.92 Å². The van der Waals surface area contributed by atoms with Crippen molar-refractivity contribution in [1.29, 1.82) is 0 Å². The smallest absolute Gasteiger partial charge is 0.410 e. The summed E-state index contributed by atoms with van der Waals surface area (Å²) < 4.78 is 4.94. The number of aliphatic carboxylic acids is 1. The van der Waals surface area contributed by atoms with Gasteiger partial charge in [0.05, 0.1) is 12.0 Å². The Hall–Kier alpha value is -2.05. The van der Waals surface area contributed by atoms with Crippen LogP contribution in [0.3, 0.4) is 0 Å². The molecule has 0 aromatic carbocycles. The van der Waals surface area contributed by atoms with Gasteiger partial charge >= 0.3 is 12.1 Å². The molecular weight excluding hydrogens is 264 g/mol. The van der Waals surface area contributed by atoms with Gasteiger partial charge in [-0.25, -0.2) is 4.79 Å². The van der Waals surface area contributed by atoms with E-state index in [-0.39, 0.29) is 31.5 Å². The van der Waals surface area contributed by atoms with Crippen molar-refractivity contribution in [1.82, 2.24) is 9.80 Å². The highest BCUT2D eigenvalue weighted by atomic mass is 16.6. The topological polar surface area (TPSA) is 87.2 Å². The van der Waals surface area contributed by atoms with Gasteiger partial charge in [-0.05, 0) is 6.42 Å². The molecule has 0 saturated carbocycles. The quantitative estimate of drug-likeness (QED) is 0.750. The molecule has 7 nitrogen and oxygen atoms in total. The van der Waals surface area contributed by atoms with Gasteiger partial charge in [-0.3, -0.25) is 9.59 Å². The summed E-state index contributed by atoms with van der Waals surface area (Å²) >= 11 is 0. The maximum absolute atomic E-state index is 11.8. The van der Waals surface area contributed by atoms with Crippen LogP contribution < -0.4 is 0 Å². The van der Waals surface area contributed by atoms with Crippen LogP contribution in [-0.4, -0.2) is 65.2 Å². The number of carbonyl (C=O) groups is 3. The minimum absolute atomic E-state index is 0.0484. The first-order chi connectivity index (χ1) is 9.52. The van der Waals surface area contributed by atoms with Gasteiger partial charge in [-0.1, -0.05) is 12.7 Å². The Morgan fingerprint density at radius 1 is 1.45 bits per heavy atom. The number of rotatable bonds is 4. The average molecular weight is 282 g/mol. The van der Waals surface area contributed by atoms with E-state index in [1.807, 2.05) is 0 Å². The van der Waals surface area contributed by atoms with Gasteiger partial charge < -0.3 is 19.6 Å². The van der Waals surface area contributed by atoms with E-state index in [0.717, 1.165) is 0 Å². The summed E-state index contributed by atoms with van der Waals surface area (Å²) in [5.74, 6) is -1.73. The number of hydrogen-bond donors (Lipinski definition) is 1. The van der Waals surface area contributed by atoms with E-state index in [2.05, 4.69) is 6.58 Å². The molecule has 2 atom stereocenters. The highest BCUT2D eigenvalue weighted by Crippen LogP contribution is 2.25. The molecule has 2 amide bonds. The Bertz CT molecular complexity index is 436. The summed E-state index contributed by atoms with van der Waals surface area (Å²) in [6.45, 7) is 4.77. The molecule has 0 aromatic heterocycles. The van der Waals surface area contributed by atoms with E-state index >= 15 is 0 Å². The summed E-state index contributed by atoms with van der Waals surface area (Å²) in [5, 5.41) is 8.96. The van der Waals surface area contributed by atoms with Crippen LogP contribution in [0.25, 0.3) is 0 Å². The number of nitrogens with zero attached hydrogens (tertiary/aromatic N) is 2. The van der Waals surface area contributed by atoms with E-state index in [1.54, 1.807) is 4.90 Å². The molecule has 1 N–H and O–H groups in total. The molecule has 0 bridgehead atoms. The fraction of sp³-hybridized carbons (Fsp3) is 0.615. The van der Waals surface area contributed by atoms with Crippen LogP contribution in [0.2, 0.25) is 0 Å². The van der Waals surface area contributed by atoms with Gasteiger partial charge in [0.2, 0.25) is 5.91 Å².